The Hall–Kier alpha value is -2.61. The molecule has 132 valence electrons. The van der Waals surface area contributed by atoms with E-state index in [-0.39, 0.29) is 12.5 Å². The van der Waals surface area contributed by atoms with Gasteiger partial charge in [0.2, 0.25) is 0 Å². The molecule has 0 bridgehead atoms. The number of hydrogen-bond acceptors (Lipinski definition) is 7. The number of halogens is 1. The van der Waals surface area contributed by atoms with E-state index in [4.69, 9.17) is 13.9 Å². The Morgan fingerprint density at radius 3 is 2.64 bits per heavy atom. The van der Waals surface area contributed by atoms with E-state index in [9.17, 15) is 14.0 Å². The minimum atomic E-state index is -1.63. The third-order valence-electron chi connectivity index (χ3n) is 4.50. The lowest BCUT2D eigenvalue weighted by molar-refractivity contribution is -0.180. The van der Waals surface area contributed by atoms with Crippen molar-refractivity contribution in [3.8, 4) is 0 Å². The molecule has 2 fully saturated rings. The van der Waals surface area contributed by atoms with E-state index >= 15 is 0 Å². The van der Waals surface area contributed by atoms with Crippen LogP contribution < -0.4 is 10.2 Å². The van der Waals surface area contributed by atoms with Crippen molar-refractivity contribution in [3.63, 3.8) is 0 Å². The molecule has 7 nitrogen and oxygen atoms in total. The summed E-state index contributed by atoms with van der Waals surface area (Å²) in [5, 5.41) is 3.67. The summed E-state index contributed by atoms with van der Waals surface area (Å²) in [6, 6.07) is 2.71. The fourth-order valence-corrected chi connectivity index (χ4v) is 3.33. The average molecular weight is 348 g/mol. The molecule has 1 N–H and O–H groups in total. The monoisotopic (exact) mass is 348 g/mol. The van der Waals surface area contributed by atoms with E-state index in [2.05, 4.69) is 5.32 Å². The van der Waals surface area contributed by atoms with Gasteiger partial charge in [-0.25, -0.2) is 14.0 Å². The molecule has 0 unspecified atom stereocenters. The molecule has 8 heteroatoms. The van der Waals surface area contributed by atoms with Crippen molar-refractivity contribution in [2.75, 3.05) is 24.5 Å². The molecular weight excluding hydrogens is 331 g/mol. The number of nitrogens with one attached hydrogen (secondary N) is 1. The standard InChI is InChI=1S/C17H17FN2O5/c1-9(2)12-7-23-14-11(12)5-10(18)6-13(14)20-4-3-19-8-17(20)24-15(21)16(22)25-17/h5-7,9,19H,3-4,8H2,1-2H3. The molecule has 2 aromatic rings. The highest BCUT2D eigenvalue weighted by Crippen LogP contribution is 2.39. The van der Waals surface area contributed by atoms with E-state index in [0.717, 1.165) is 5.56 Å². The Bertz CT molecular complexity index is 859. The minimum Gasteiger partial charge on any atom is -0.462 e. The second-order valence-corrected chi connectivity index (χ2v) is 6.47. The highest BCUT2D eigenvalue weighted by atomic mass is 19.1. The van der Waals surface area contributed by atoms with Gasteiger partial charge in [-0.15, -0.1) is 0 Å². The van der Waals surface area contributed by atoms with Gasteiger partial charge in [0.1, 0.15) is 5.82 Å². The van der Waals surface area contributed by atoms with Gasteiger partial charge in [-0.3, -0.25) is 4.90 Å². The summed E-state index contributed by atoms with van der Waals surface area (Å²) in [6.07, 6.45) is 1.60. The lowest BCUT2D eigenvalue weighted by Gasteiger charge is -2.41. The predicted octanol–water partition coefficient (Wildman–Crippen LogP) is 1.86. The molecule has 2 aliphatic rings. The number of carbonyl (C=O) groups is 2. The lowest BCUT2D eigenvalue weighted by atomic mass is 10.0. The predicted molar refractivity (Wildman–Crippen MR) is 85.4 cm³/mol. The minimum absolute atomic E-state index is 0.0836. The van der Waals surface area contributed by atoms with Gasteiger partial charge < -0.3 is 19.2 Å². The van der Waals surface area contributed by atoms with Crippen molar-refractivity contribution < 1.29 is 27.9 Å². The first-order chi connectivity index (χ1) is 11.9. The van der Waals surface area contributed by atoms with Crippen LogP contribution in [0.15, 0.2) is 22.8 Å². The van der Waals surface area contributed by atoms with Crippen LogP contribution in [0.3, 0.4) is 0 Å². The smallest absolute Gasteiger partial charge is 0.422 e. The highest BCUT2D eigenvalue weighted by molar-refractivity contribution is 6.31. The van der Waals surface area contributed by atoms with E-state index in [0.29, 0.717) is 29.7 Å². The largest absolute Gasteiger partial charge is 0.462 e. The Balaban J connectivity index is 1.88. The first-order valence-electron chi connectivity index (χ1n) is 8.06. The molecule has 0 aliphatic carbocycles. The van der Waals surface area contributed by atoms with Gasteiger partial charge >= 0.3 is 17.8 Å². The number of hydrogen-bond donors (Lipinski definition) is 1. The molecule has 0 amide bonds. The zero-order chi connectivity index (χ0) is 17.8. The van der Waals surface area contributed by atoms with Gasteiger partial charge in [-0.2, -0.15) is 0 Å². The van der Waals surface area contributed by atoms with E-state index in [1.807, 2.05) is 13.8 Å². The fraction of sp³-hybridized carbons (Fsp3) is 0.412. The van der Waals surface area contributed by atoms with Crippen molar-refractivity contribution in [2.45, 2.75) is 25.7 Å². The topological polar surface area (TPSA) is 81.0 Å². The first-order valence-corrected chi connectivity index (χ1v) is 8.06. The van der Waals surface area contributed by atoms with Crippen LogP contribution in [0.25, 0.3) is 11.0 Å². The fourth-order valence-electron chi connectivity index (χ4n) is 3.33. The Labute approximate surface area is 142 Å². The summed E-state index contributed by atoms with van der Waals surface area (Å²) in [6.45, 7) is 4.95. The molecule has 25 heavy (non-hydrogen) atoms. The van der Waals surface area contributed by atoms with Gasteiger partial charge in [-0.1, -0.05) is 13.8 Å². The zero-order valence-corrected chi connectivity index (χ0v) is 13.8. The summed E-state index contributed by atoms with van der Waals surface area (Å²) in [5.41, 5.74) is 1.72. The van der Waals surface area contributed by atoms with Crippen LogP contribution in [0.4, 0.5) is 10.1 Å². The molecule has 4 rings (SSSR count). The van der Waals surface area contributed by atoms with Crippen LogP contribution in [-0.2, 0) is 19.1 Å². The van der Waals surface area contributed by atoms with Crippen molar-refractivity contribution in [2.24, 2.45) is 0 Å². The summed E-state index contributed by atoms with van der Waals surface area (Å²) in [4.78, 5) is 24.8. The lowest BCUT2D eigenvalue weighted by Crippen LogP contribution is -2.62. The number of fused-ring (bicyclic) bond motifs is 1. The third-order valence-corrected chi connectivity index (χ3v) is 4.50. The first kappa shape index (κ1) is 15.9. The maximum absolute atomic E-state index is 14.3. The third kappa shape index (κ3) is 2.36. The number of esters is 2. The van der Waals surface area contributed by atoms with Crippen LogP contribution in [0, 0.1) is 5.82 Å². The molecule has 2 aliphatic heterocycles. The van der Waals surface area contributed by atoms with Gasteiger partial charge in [0, 0.05) is 30.1 Å². The number of piperazine rings is 1. The summed E-state index contributed by atoms with van der Waals surface area (Å²) in [7, 11) is 0. The van der Waals surface area contributed by atoms with Crippen molar-refractivity contribution in [1.82, 2.24) is 5.32 Å². The van der Waals surface area contributed by atoms with E-state index in [1.165, 1.54) is 12.1 Å². The highest BCUT2D eigenvalue weighted by Gasteiger charge is 2.55. The normalized spacial score (nSPS) is 19.8. The molecule has 1 aromatic heterocycles. The number of carbonyl (C=O) groups excluding carboxylic acids is 2. The Kier molecular flexibility index (Phi) is 3.47. The van der Waals surface area contributed by atoms with Crippen LogP contribution >= 0.6 is 0 Å². The molecule has 3 heterocycles. The van der Waals surface area contributed by atoms with Crippen LogP contribution in [0.1, 0.15) is 25.3 Å². The molecule has 0 atom stereocenters. The van der Waals surface area contributed by atoms with E-state index in [1.54, 1.807) is 11.2 Å². The van der Waals surface area contributed by atoms with Crippen molar-refractivity contribution in [3.05, 3.63) is 29.8 Å². The quantitative estimate of drug-likeness (QED) is 0.655. The van der Waals surface area contributed by atoms with Crippen molar-refractivity contribution >= 4 is 28.6 Å². The average Bonchev–Trinajstić information content (AvgIpc) is 3.09. The Morgan fingerprint density at radius 1 is 1.24 bits per heavy atom. The molecule has 0 saturated carbocycles. The second kappa shape index (κ2) is 5.45. The maximum Gasteiger partial charge on any atom is 0.422 e. The second-order valence-electron chi connectivity index (χ2n) is 6.47. The summed E-state index contributed by atoms with van der Waals surface area (Å²) in [5.74, 6) is -4.06. The molecule has 1 aromatic carbocycles. The molecule has 1 spiro atoms. The number of ether oxygens (including phenoxy) is 2. The number of rotatable bonds is 2. The van der Waals surface area contributed by atoms with Crippen LogP contribution in [-0.4, -0.2) is 37.5 Å². The zero-order valence-electron chi connectivity index (χ0n) is 13.8. The van der Waals surface area contributed by atoms with Gasteiger partial charge in [0.05, 0.1) is 18.5 Å². The number of benzene rings is 1. The van der Waals surface area contributed by atoms with Gasteiger partial charge in [-0.05, 0) is 12.0 Å². The van der Waals surface area contributed by atoms with Gasteiger partial charge in [0.15, 0.2) is 5.58 Å². The maximum atomic E-state index is 14.3. The molecular formula is C17H17FN2O5. The number of anilines is 1. The van der Waals surface area contributed by atoms with Crippen LogP contribution in [0.2, 0.25) is 0 Å². The SMILES string of the molecule is CC(C)c1coc2c(N3CCNCC34OC(=O)C(=O)O4)cc(F)cc12. The Morgan fingerprint density at radius 2 is 1.96 bits per heavy atom. The van der Waals surface area contributed by atoms with Gasteiger partial charge in [0.25, 0.3) is 0 Å². The number of nitrogens with zero attached hydrogens (tertiary/aromatic N) is 1. The number of furan rings is 1. The molecule has 2 saturated heterocycles. The van der Waals surface area contributed by atoms with Crippen LogP contribution in [0.5, 0.6) is 0 Å². The summed E-state index contributed by atoms with van der Waals surface area (Å²) < 4.78 is 30.4. The summed E-state index contributed by atoms with van der Waals surface area (Å²) >= 11 is 0. The molecule has 0 radical (unpaired) electrons. The van der Waals surface area contributed by atoms with Crippen molar-refractivity contribution in [1.29, 1.82) is 0 Å². The van der Waals surface area contributed by atoms with E-state index < -0.39 is 23.7 Å².